The van der Waals surface area contributed by atoms with Gasteiger partial charge in [0.05, 0.1) is 15.7 Å². The topological polar surface area (TPSA) is 72.2 Å². The van der Waals surface area contributed by atoms with Gasteiger partial charge < -0.3 is 11.1 Å². The maximum absolute atomic E-state index is 12.0. The van der Waals surface area contributed by atoms with Gasteiger partial charge in [0.2, 0.25) is 5.91 Å². The number of nitrogens with one attached hydrogen (secondary N) is 1. The van der Waals surface area contributed by atoms with Crippen LogP contribution in [0, 0.1) is 0 Å². The molecule has 0 saturated heterocycles. The Bertz CT molecular complexity index is 449. The lowest BCUT2D eigenvalue weighted by Gasteiger charge is -2.09. The van der Waals surface area contributed by atoms with Crippen molar-refractivity contribution in [2.24, 2.45) is 0 Å². The molecular formula is C11H15BrN2O2S. The minimum absolute atomic E-state index is 0.0411. The molecule has 1 amide bonds. The number of rotatable bonds is 4. The zero-order valence-electron chi connectivity index (χ0n) is 9.70. The highest BCUT2D eigenvalue weighted by Crippen LogP contribution is 2.21. The quantitative estimate of drug-likeness (QED) is 0.829. The Kier molecular flexibility index (Phi) is 5.14. The Hall–Kier alpha value is -0.880. The van der Waals surface area contributed by atoms with Gasteiger partial charge in [-0.1, -0.05) is 15.9 Å². The van der Waals surface area contributed by atoms with Crippen molar-refractivity contribution in [3.8, 4) is 0 Å². The van der Waals surface area contributed by atoms with E-state index in [2.05, 4.69) is 21.2 Å². The fraction of sp³-hybridized carbons (Fsp3) is 0.364. The van der Waals surface area contributed by atoms with Gasteiger partial charge in [-0.3, -0.25) is 9.00 Å². The average molecular weight is 319 g/mol. The van der Waals surface area contributed by atoms with Crippen molar-refractivity contribution in [3.05, 3.63) is 22.7 Å². The number of carbonyl (C=O) groups excluding carboxylic acids is 1. The third-order valence-electron chi connectivity index (χ3n) is 1.93. The van der Waals surface area contributed by atoms with Gasteiger partial charge in [0, 0.05) is 16.2 Å². The summed E-state index contributed by atoms with van der Waals surface area (Å²) in [5.41, 5.74) is 6.16. The predicted octanol–water partition coefficient (Wildman–Crippen LogP) is 1.66. The van der Waals surface area contributed by atoms with E-state index in [1.807, 2.05) is 13.8 Å². The molecule has 3 N–H and O–H groups in total. The van der Waals surface area contributed by atoms with Crippen LogP contribution in [0.5, 0.6) is 0 Å². The summed E-state index contributed by atoms with van der Waals surface area (Å²) >= 11 is 3.28. The van der Waals surface area contributed by atoms with E-state index in [1.165, 1.54) is 0 Å². The van der Waals surface area contributed by atoms with Gasteiger partial charge in [0.1, 0.15) is 5.75 Å². The van der Waals surface area contributed by atoms with Crippen LogP contribution >= 0.6 is 15.9 Å². The maximum atomic E-state index is 12.0. The van der Waals surface area contributed by atoms with E-state index in [0.29, 0.717) is 10.6 Å². The molecule has 1 aromatic rings. The summed E-state index contributed by atoms with van der Waals surface area (Å²) in [5.74, 6) is -0.309. The zero-order valence-corrected chi connectivity index (χ0v) is 12.1. The molecule has 0 aliphatic carbocycles. The lowest BCUT2D eigenvalue weighted by molar-refractivity contribution is -0.119. The number of nitrogens with two attached hydrogens (primary N) is 1. The van der Waals surface area contributed by atoms with Crippen LogP contribution in [0.2, 0.25) is 0 Å². The van der Waals surface area contributed by atoms with Gasteiger partial charge in [-0.25, -0.2) is 0 Å². The molecule has 6 heteroatoms. The second-order valence-corrected chi connectivity index (χ2v) is 6.23. The molecule has 0 aliphatic rings. The zero-order chi connectivity index (χ0) is 13.0. The number of hydrogen-bond donors (Lipinski definition) is 2. The summed E-state index contributed by atoms with van der Waals surface area (Å²) in [6.07, 6.45) is 0. The molecule has 0 heterocycles. The first-order valence-corrected chi connectivity index (χ1v) is 7.24. The minimum Gasteiger partial charge on any atom is -0.398 e. The van der Waals surface area contributed by atoms with Crippen LogP contribution in [0.25, 0.3) is 0 Å². The highest BCUT2D eigenvalue weighted by atomic mass is 79.9. The molecular weight excluding hydrogens is 304 g/mol. The van der Waals surface area contributed by atoms with Gasteiger partial charge in [-0.15, -0.1) is 0 Å². The van der Waals surface area contributed by atoms with Gasteiger partial charge in [-0.2, -0.15) is 0 Å². The second kappa shape index (κ2) is 6.16. The minimum atomic E-state index is -1.42. The molecule has 0 spiro atoms. The number of hydrogen-bond acceptors (Lipinski definition) is 3. The monoisotopic (exact) mass is 318 g/mol. The molecule has 0 aromatic heterocycles. The standard InChI is InChI=1S/C11H15BrN2O2S/c1-7(2)14-11(15)6-17(16)10-5-8(12)3-4-9(10)13/h3-5,7H,6,13H2,1-2H3,(H,14,15). The number of nitrogen functional groups attached to an aromatic ring is 1. The summed E-state index contributed by atoms with van der Waals surface area (Å²) in [6.45, 7) is 3.71. The third-order valence-corrected chi connectivity index (χ3v) is 3.79. The first-order chi connectivity index (χ1) is 7.90. The Morgan fingerprint density at radius 1 is 1.53 bits per heavy atom. The van der Waals surface area contributed by atoms with Crippen LogP contribution in [0.1, 0.15) is 13.8 Å². The number of benzene rings is 1. The Morgan fingerprint density at radius 3 is 2.76 bits per heavy atom. The first kappa shape index (κ1) is 14.2. The van der Waals surface area contributed by atoms with Crippen molar-refractivity contribution in [1.82, 2.24) is 5.32 Å². The molecule has 1 atom stereocenters. The van der Waals surface area contributed by atoms with Gasteiger partial charge >= 0.3 is 0 Å². The van der Waals surface area contributed by atoms with Crippen molar-refractivity contribution < 1.29 is 9.00 Å². The Morgan fingerprint density at radius 2 is 2.18 bits per heavy atom. The van der Waals surface area contributed by atoms with E-state index >= 15 is 0 Å². The molecule has 1 rings (SSSR count). The smallest absolute Gasteiger partial charge is 0.233 e. The third kappa shape index (κ3) is 4.47. The highest BCUT2D eigenvalue weighted by molar-refractivity contribution is 9.10. The van der Waals surface area contributed by atoms with Crippen molar-refractivity contribution in [3.63, 3.8) is 0 Å². The molecule has 0 bridgehead atoms. The summed E-state index contributed by atoms with van der Waals surface area (Å²) in [6, 6.07) is 5.15. The molecule has 17 heavy (non-hydrogen) atoms. The number of carbonyl (C=O) groups is 1. The maximum Gasteiger partial charge on any atom is 0.233 e. The van der Waals surface area contributed by atoms with Crippen molar-refractivity contribution in [2.75, 3.05) is 11.5 Å². The SMILES string of the molecule is CC(C)NC(=O)CS(=O)c1cc(Br)ccc1N. The lowest BCUT2D eigenvalue weighted by Crippen LogP contribution is -2.33. The lowest BCUT2D eigenvalue weighted by atomic mass is 10.3. The Balaban J connectivity index is 2.76. The Labute approximate surface area is 112 Å². The molecule has 0 aliphatic heterocycles. The van der Waals surface area contributed by atoms with Crippen molar-refractivity contribution in [2.45, 2.75) is 24.8 Å². The van der Waals surface area contributed by atoms with Crippen LogP contribution in [-0.4, -0.2) is 21.9 Å². The summed E-state index contributed by atoms with van der Waals surface area (Å²) in [5, 5.41) is 2.69. The van der Waals surface area contributed by atoms with E-state index < -0.39 is 10.8 Å². The second-order valence-electron chi connectivity index (χ2n) is 3.89. The summed E-state index contributed by atoms with van der Waals surface area (Å²) in [4.78, 5) is 12.0. The van der Waals surface area contributed by atoms with Crippen molar-refractivity contribution in [1.29, 1.82) is 0 Å². The number of anilines is 1. The summed E-state index contributed by atoms with van der Waals surface area (Å²) < 4.78 is 12.8. The molecule has 0 fully saturated rings. The molecule has 4 nitrogen and oxygen atoms in total. The predicted molar refractivity (Wildman–Crippen MR) is 73.1 cm³/mol. The van der Waals surface area contributed by atoms with E-state index in [4.69, 9.17) is 5.73 Å². The fourth-order valence-electron chi connectivity index (χ4n) is 1.27. The van der Waals surface area contributed by atoms with E-state index in [-0.39, 0.29) is 17.7 Å². The summed E-state index contributed by atoms with van der Waals surface area (Å²) in [7, 11) is -1.42. The fourth-order valence-corrected chi connectivity index (χ4v) is 2.84. The van der Waals surface area contributed by atoms with Crippen LogP contribution in [0.3, 0.4) is 0 Å². The normalized spacial score (nSPS) is 12.5. The highest BCUT2D eigenvalue weighted by Gasteiger charge is 2.13. The molecule has 94 valence electrons. The van der Waals surface area contributed by atoms with E-state index in [1.54, 1.807) is 18.2 Å². The largest absolute Gasteiger partial charge is 0.398 e. The van der Waals surface area contributed by atoms with Gasteiger partial charge in [0.15, 0.2) is 0 Å². The van der Waals surface area contributed by atoms with Crippen LogP contribution < -0.4 is 11.1 Å². The molecule has 1 unspecified atom stereocenters. The van der Waals surface area contributed by atoms with Gasteiger partial charge in [-0.05, 0) is 32.0 Å². The molecule has 0 radical (unpaired) electrons. The molecule has 0 saturated carbocycles. The van der Waals surface area contributed by atoms with Gasteiger partial charge in [0.25, 0.3) is 0 Å². The first-order valence-electron chi connectivity index (χ1n) is 5.13. The molecule has 1 aromatic carbocycles. The number of halogens is 1. The average Bonchev–Trinajstić information content (AvgIpc) is 2.20. The van der Waals surface area contributed by atoms with Crippen LogP contribution in [-0.2, 0) is 15.6 Å². The van der Waals surface area contributed by atoms with E-state index in [0.717, 1.165) is 4.47 Å². The van der Waals surface area contributed by atoms with Crippen LogP contribution in [0.4, 0.5) is 5.69 Å². The van der Waals surface area contributed by atoms with Crippen molar-refractivity contribution >= 4 is 38.3 Å². The van der Waals surface area contributed by atoms with E-state index in [9.17, 15) is 9.00 Å². The van der Waals surface area contributed by atoms with Crippen LogP contribution in [0.15, 0.2) is 27.6 Å². The number of amides is 1.